The first kappa shape index (κ1) is 30.0. The molecule has 0 saturated carbocycles. The third-order valence-corrected chi connectivity index (χ3v) is 7.86. The first-order chi connectivity index (χ1) is 19.3. The summed E-state index contributed by atoms with van der Waals surface area (Å²) in [7, 11) is 0. The highest BCUT2D eigenvalue weighted by atomic mass is 19.4. The minimum absolute atomic E-state index is 0.0434. The van der Waals surface area contributed by atoms with E-state index in [4.69, 9.17) is 10.5 Å². The molecule has 41 heavy (non-hydrogen) atoms. The van der Waals surface area contributed by atoms with Gasteiger partial charge in [-0.15, -0.1) is 0 Å². The molecule has 0 aliphatic carbocycles. The summed E-state index contributed by atoms with van der Waals surface area (Å²) >= 11 is 0. The Balaban J connectivity index is 1.64. The van der Waals surface area contributed by atoms with Crippen LogP contribution < -0.4 is 5.73 Å². The number of urea groups is 1. The van der Waals surface area contributed by atoms with Gasteiger partial charge in [-0.3, -0.25) is 19.3 Å². The lowest BCUT2D eigenvalue weighted by Crippen LogP contribution is -2.66. The maximum absolute atomic E-state index is 14.0. The van der Waals surface area contributed by atoms with E-state index in [1.54, 1.807) is 30.3 Å². The van der Waals surface area contributed by atoms with E-state index in [9.17, 15) is 32.3 Å². The van der Waals surface area contributed by atoms with Crippen LogP contribution in [0.3, 0.4) is 0 Å². The Hall–Kier alpha value is -3.93. The van der Waals surface area contributed by atoms with Gasteiger partial charge in [0, 0.05) is 19.5 Å². The molecular weight excluding hydrogens is 541 g/mol. The molecule has 2 N–H and O–H groups in total. The van der Waals surface area contributed by atoms with Gasteiger partial charge in [0.15, 0.2) is 0 Å². The molecule has 0 aromatic heterocycles. The van der Waals surface area contributed by atoms with Gasteiger partial charge < -0.3 is 20.3 Å². The van der Waals surface area contributed by atoms with E-state index < -0.39 is 53.3 Å². The van der Waals surface area contributed by atoms with Crippen molar-refractivity contribution in [2.75, 3.05) is 32.8 Å². The monoisotopic (exact) mass is 574 g/mol. The number of primary amides is 1. The molecule has 2 atom stereocenters. The highest BCUT2D eigenvalue weighted by Crippen LogP contribution is 2.38. The van der Waals surface area contributed by atoms with Crippen molar-refractivity contribution in [3.8, 4) is 0 Å². The number of fused-ring (bicyclic) bond motifs is 1. The van der Waals surface area contributed by atoms with Crippen molar-refractivity contribution in [1.29, 1.82) is 0 Å². The Morgan fingerprint density at radius 1 is 0.976 bits per heavy atom. The summed E-state index contributed by atoms with van der Waals surface area (Å²) in [5.41, 5.74) is 4.03. The molecule has 5 amide bonds. The minimum Gasteiger partial charge on any atom is -0.376 e. The van der Waals surface area contributed by atoms with Crippen molar-refractivity contribution in [2.24, 2.45) is 17.1 Å². The number of imide groups is 1. The minimum atomic E-state index is -4.80. The predicted octanol–water partition coefficient (Wildman–Crippen LogP) is 2.98. The van der Waals surface area contributed by atoms with Crippen LogP contribution in [0.2, 0.25) is 0 Å². The summed E-state index contributed by atoms with van der Waals surface area (Å²) in [6.07, 6.45) is -4.89. The normalized spacial score (nSPS) is 20.3. The van der Waals surface area contributed by atoms with E-state index in [0.29, 0.717) is 5.56 Å². The molecule has 2 fully saturated rings. The van der Waals surface area contributed by atoms with Crippen LogP contribution in [-0.4, -0.2) is 83.0 Å². The molecule has 2 aromatic rings. The Morgan fingerprint density at radius 3 is 2.12 bits per heavy atom. The number of hydrogen-bond acceptors (Lipinski definition) is 5. The lowest BCUT2D eigenvalue weighted by atomic mass is 9.77. The second-order valence-electron chi connectivity index (χ2n) is 11.0. The molecule has 2 aliphatic rings. The van der Waals surface area contributed by atoms with E-state index in [2.05, 4.69) is 0 Å². The summed E-state index contributed by atoms with van der Waals surface area (Å²) in [6.45, 7) is 0.780. The van der Waals surface area contributed by atoms with Crippen molar-refractivity contribution in [1.82, 2.24) is 14.7 Å². The number of amides is 5. The molecule has 2 heterocycles. The van der Waals surface area contributed by atoms with Crippen LogP contribution in [0.5, 0.6) is 0 Å². The maximum atomic E-state index is 14.0. The molecule has 9 nitrogen and oxygen atoms in total. The maximum Gasteiger partial charge on any atom is 0.406 e. The Kier molecular flexibility index (Phi) is 8.44. The number of benzene rings is 2. The fourth-order valence-electron chi connectivity index (χ4n) is 5.38. The zero-order chi connectivity index (χ0) is 30.0. The van der Waals surface area contributed by atoms with Crippen molar-refractivity contribution in [3.05, 3.63) is 71.8 Å². The quantitative estimate of drug-likeness (QED) is 0.439. The summed E-state index contributed by atoms with van der Waals surface area (Å²) in [5.74, 6) is -3.35. The van der Waals surface area contributed by atoms with Gasteiger partial charge in [-0.25, -0.2) is 4.79 Å². The number of rotatable bonds is 10. The number of ether oxygens (including phenoxy) is 1. The van der Waals surface area contributed by atoms with Gasteiger partial charge in [-0.2, -0.15) is 13.2 Å². The Bertz CT molecular complexity index is 1290. The van der Waals surface area contributed by atoms with Gasteiger partial charge in [0.1, 0.15) is 12.1 Å². The number of halogens is 3. The zero-order valence-electron chi connectivity index (χ0n) is 22.9. The first-order valence-corrected chi connectivity index (χ1v) is 13.2. The number of nitrogens with zero attached hydrogens (tertiary/aromatic N) is 3. The van der Waals surface area contributed by atoms with Crippen molar-refractivity contribution in [2.45, 2.75) is 38.6 Å². The van der Waals surface area contributed by atoms with Crippen LogP contribution in [0.15, 0.2) is 60.7 Å². The summed E-state index contributed by atoms with van der Waals surface area (Å²) in [5, 5.41) is 0. The van der Waals surface area contributed by atoms with Gasteiger partial charge in [-0.1, -0.05) is 74.5 Å². The fraction of sp³-hybridized carbons (Fsp3) is 0.448. The molecule has 2 aromatic carbocycles. The number of nitrogens with two attached hydrogens (primary N) is 1. The zero-order valence-corrected chi connectivity index (χ0v) is 22.9. The summed E-state index contributed by atoms with van der Waals surface area (Å²) in [4.78, 5) is 55.9. The first-order valence-electron chi connectivity index (χ1n) is 13.2. The fourth-order valence-corrected chi connectivity index (χ4v) is 5.38. The highest BCUT2D eigenvalue weighted by molar-refractivity contribution is 6.08. The second kappa shape index (κ2) is 11.5. The van der Waals surface area contributed by atoms with Crippen LogP contribution in [0.25, 0.3) is 0 Å². The summed E-state index contributed by atoms with van der Waals surface area (Å²) in [6, 6.07) is 16.7. The van der Waals surface area contributed by atoms with Crippen molar-refractivity contribution in [3.63, 3.8) is 0 Å². The van der Waals surface area contributed by atoms with E-state index in [1.807, 2.05) is 30.3 Å². The molecule has 0 unspecified atom stereocenters. The summed E-state index contributed by atoms with van der Waals surface area (Å²) < 4.78 is 45.9. The third-order valence-electron chi connectivity index (χ3n) is 7.86. The molecule has 220 valence electrons. The highest BCUT2D eigenvalue weighted by Gasteiger charge is 2.62. The van der Waals surface area contributed by atoms with Gasteiger partial charge in [0.2, 0.25) is 11.8 Å². The molecule has 2 aliphatic heterocycles. The molecular formula is C29H33F3N4O5. The van der Waals surface area contributed by atoms with Crippen LogP contribution >= 0.6 is 0 Å². The lowest BCUT2D eigenvalue weighted by Gasteiger charge is -2.46. The number of carbonyl (C=O) groups is 4. The Morgan fingerprint density at radius 2 is 1.56 bits per heavy atom. The van der Waals surface area contributed by atoms with E-state index in [1.165, 1.54) is 18.7 Å². The van der Waals surface area contributed by atoms with Crippen LogP contribution in [-0.2, 0) is 32.1 Å². The number of carbonyl (C=O) groups excluding carboxylic acids is 4. The molecule has 12 heteroatoms. The van der Waals surface area contributed by atoms with Gasteiger partial charge in [-0.05, 0) is 11.1 Å². The van der Waals surface area contributed by atoms with Gasteiger partial charge >= 0.3 is 12.2 Å². The lowest BCUT2D eigenvalue weighted by molar-refractivity contribution is -0.159. The number of piperazine rings is 1. The largest absolute Gasteiger partial charge is 0.406 e. The number of hydrogen-bond donors (Lipinski definition) is 1. The van der Waals surface area contributed by atoms with Crippen LogP contribution in [0.4, 0.5) is 18.0 Å². The van der Waals surface area contributed by atoms with Crippen LogP contribution in [0, 0.1) is 11.3 Å². The van der Waals surface area contributed by atoms with Gasteiger partial charge in [0.25, 0.3) is 5.91 Å². The average Bonchev–Trinajstić information content (AvgIpc) is 3.11. The van der Waals surface area contributed by atoms with Crippen molar-refractivity contribution < 1.29 is 37.1 Å². The smallest absolute Gasteiger partial charge is 0.376 e. The Labute approximate surface area is 236 Å². The number of alkyl halides is 3. The van der Waals surface area contributed by atoms with Gasteiger partial charge in [0.05, 0.1) is 31.1 Å². The topological polar surface area (TPSA) is 113 Å². The molecule has 0 spiro atoms. The third kappa shape index (κ3) is 6.22. The SMILES string of the molecule is CC(C)(C(N)=O)[C@H](COCc1ccccc1)C(=O)N1CCN2C(=O)N(CC(F)(F)F)C(=O)[C@@]2(Cc2ccccc2)C1. The van der Waals surface area contributed by atoms with E-state index in [0.717, 1.165) is 10.5 Å². The molecule has 4 rings (SSSR count). The second-order valence-corrected chi connectivity index (χ2v) is 11.0. The average molecular weight is 575 g/mol. The molecule has 0 bridgehead atoms. The van der Waals surface area contributed by atoms with E-state index >= 15 is 0 Å². The standard InChI is InChI=1S/C29H33F3N4O5/c1-27(2,24(33)38)22(17-41-16-21-11-7-4-8-12-21)23(37)34-13-14-36-26(40)35(19-29(30,31)32)25(39)28(36,18-34)15-20-9-5-3-6-10-20/h3-12,22H,13-19H2,1-2H3,(H2,33,38)/t22-,28-/m1/s1. The molecule has 2 saturated heterocycles. The van der Waals surface area contributed by atoms with E-state index in [-0.39, 0.29) is 44.2 Å². The van der Waals surface area contributed by atoms with Crippen LogP contribution in [0.1, 0.15) is 25.0 Å². The van der Waals surface area contributed by atoms with Crippen molar-refractivity contribution >= 4 is 23.8 Å². The molecule has 0 radical (unpaired) electrons. The predicted molar refractivity (Wildman–Crippen MR) is 142 cm³/mol.